The number of ether oxygens (including phenoxy) is 1. The molecule has 1 fully saturated rings. The summed E-state index contributed by atoms with van der Waals surface area (Å²) in [6.45, 7) is 2.21. The number of hydrogen-bond donors (Lipinski definition) is 1. The molecule has 1 aliphatic heterocycles. The molecular formula is C25H29FN4O3S. The monoisotopic (exact) mass is 484 g/mol. The molecule has 0 amide bonds. The first-order valence-corrected chi connectivity index (χ1v) is 13.1. The quantitative estimate of drug-likeness (QED) is 0.473. The van der Waals surface area contributed by atoms with Crippen molar-refractivity contribution in [2.45, 2.75) is 36.2 Å². The molecule has 180 valence electrons. The van der Waals surface area contributed by atoms with Crippen LogP contribution in [0.1, 0.15) is 29.0 Å². The summed E-state index contributed by atoms with van der Waals surface area (Å²) in [6, 6.07) is 14.2. The van der Waals surface area contributed by atoms with Gasteiger partial charge in [0.15, 0.2) is 16.6 Å². The van der Waals surface area contributed by atoms with Gasteiger partial charge in [-0.25, -0.2) is 22.5 Å². The van der Waals surface area contributed by atoms with Crippen LogP contribution < -0.4 is 9.46 Å². The van der Waals surface area contributed by atoms with E-state index in [1.807, 2.05) is 12.1 Å². The third kappa shape index (κ3) is 4.73. The number of imidazole rings is 1. The maximum atomic E-state index is 14.9. The van der Waals surface area contributed by atoms with E-state index in [1.165, 1.54) is 24.5 Å². The fourth-order valence-electron chi connectivity index (χ4n) is 4.93. The van der Waals surface area contributed by atoms with Crippen LogP contribution >= 0.6 is 0 Å². The van der Waals surface area contributed by atoms with E-state index in [4.69, 9.17) is 4.74 Å². The Morgan fingerprint density at radius 3 is 2.68 bits per heavy atom. The molecule has 1 aromatic heterocycles. The van der Waals surface area contributed by atoms with Gasteiger partial charge < -0.3 is 9.30 Å². The summed E-state index contributed by atoms with van der Waals surface area (Å²) in [7, 11) is -2.03. The number of rotatable bonds is 9. The normalized spacial score (nSPS) is 20.2. The molecule has 2 aliphatic rings. The standard InChI is InChI=1S/C25H29FN4O3S/c1-29-16-25(27-17-29)34(31,32)28-8-11-33-24-15-20-19(13-22(24)26)14-23(30-9-5-10-30)21(20)12-18-6-3-2-4-7-18/h2-4,6-7,13,15-17,21,23,28H,5,8-12,14H2,1H3. The minimum Gasteiger partial charge on any atom is -0.489 e. The van der Waals surface area contributed by atoms with Gasteiger partial charge in [-0.05, 0) is 61.2 Å². The average molecular weight is 485 g/mol. The molecule has 1 saturated heterocycles. The number of halogens is 1. The summed E-state index contributed by atoms with van der Waals surface area (Å²) in [6.07, 6.45) is 5.79. The highest BCUT2D eigenvalue weighted by molar-refractivity contribution is 7.89. The molecule has 1 N–H and O–H groups in total. The number of nitrogens with zero attached hydrogens (tertiary/aromatic N) is 3. The molecule has 1 aliphatic carbocycles. The van der Waals surface area contributed by atoms with Crippen LogP contribution in [0.4, 0.5) is 4.39 Å². The molecule has 0 saturated carbocycles. The molecule has 0 bridgehead atoms. The van der Waals surface area contributed by atoms with E-state index in [2.05, 4.69) is 38.9 Å². The van der Waals surface area contributed by atoms with Crippen molar-refractivity contribution < 1.29 is 17.5 Å². The lowest BCUT2D eigenvalue weighted by Gasteiger charge is -2.39. The molecule has 0 spiro atoms. The van der Waals surface area contributed by atoms with Crippen LogP contribution in [-0.4, -0.2) is 55.2 Å². The van der Waals surface area contributed by atoms with Gasteiger partial charge in [0, 0.05) is 31.7 Å². The zero-order valence-electron chi connectivity index (χ0n) is 19.2. The van der Waals surface area contributed by atoms with Gasteiger partial charge >= 0.3 is 0 Å². The van der Waals surface area contributed by atoms with E-state index in [0.717, 1.165) is 37.1 Å². The number of hydrogen-bond acceptors (Lipinski definition) is 5. The first-order valence-electron chi connectivity index (χ1n) is 11.6. The van der Waals surface area contributed by atoms with Crippen molar-refractivity contribution in [3.63, 3.8) is 0 Å². The van der Waals surface area contributed by atoms with Crippen molar-refractivity contribution in [1.82, 2.24) is 19.2 Å². The van der Waals surface area contributed by atoms with Crippen molar-refractivity contribution in [3.05, 3.63) is 77.5 Å². The summed E-state index contributed by atoms with van der Waals surface area (Å²) >= 11 is 0. The molecule has 2 unspecified atom stereocenters. The minimum absolute atomic E-state index is 0.0132. The van der Waals surface area contributed by atoms with Gasteiger partial charge in [-0.15, -0.1) is 0 Å². The van der Waals surface area contributed by atoms with E-state index in [9.17, 15) is 12.8 Å². The summed E-state index contributed by atoms with van der Waals surface area (Å²) < 4.78 is 49.2. The zero-order valence-corrected chi connectivity index (χ0v) is 20.0. The second-order valence-electron chi connectivity index (χ2n) is 9.06. The lowest BCUT2D eigenvalue weighted by Crippen LogP contribution is -2.47. The van der Waals surface area contributed by atoms with Crippen LogP contribution in [0, 0.1) is 5.82 Å². The number of aromatic nitrogens is 2. The second kappa shape index (κ2) is 9.48. The predicted octanol–water partition coefficient (Wildman–Crippen LogP) is 2.87. The number of benzene rings is 2. The highest BCUT2D eigenvalue weighted by Crippen LogP contribution is 2.42. The van der Waals surface area contributed by atoms with Crippen LogP contribution in [0.3, 0.4) is 0 Å². The van der Waals surface area contributed by atoms with E-state index in [-0.39, 0.29) is 29.8 Å². The molecule has 0 radical (unpaired) electrons. The molecule has 2 heterocycles. The van der Waals surface area contributed by atoms with Gasteiger partial charge in [-0.1, -0.05) is 30.3 Å². The van der Waals surface area contributed by atoms with Crippen LogP contribution in [0.15, 0.2) is 60.0 Å². The number of fused-ring (bicyclic) bond motifs is 1. The largest absolute Gasteiger partial charge is 0.489 e. The highest BCUT2D eigenvalue weighted by atomic mass is 32.2. The molecule has 9 heteroatoms. The second-order valence-corrected chi connectivity index (χ2v) is 10.8. The number of likely N-dealkylation sites (tertiary alicyclic amines) is 1. The first-order chi connectivity index (χ1) is 16.4. The first kappa shape index (κ1) is 23.0. The molecule has 5 rings (SSSR count). The van der Waals surface area contributed by atoms with Crippen LogP contribution in [0.25, 0.3) is 0 Å². The Kier molecular flexibility index (Phi) is 6.42. The Morgan fingerprint density at radius 1 is 1.21 bits per heavy atom. The molecule has 2 atom stereocenters. The Balaban J connectivity index is 1.29. The van der Waals surface area contributed by atoms with Gasteiger partial charge in [0.2, 0.25) is 0 Å². The maximum Gasteiger partial charge on any atom is 0.259 e. The highest BCUT2D eigenvalue weighted by Gasteiger charge is 2.39. The van der Waals surface area contributed by atoms with Gasteiger partial charge in [0.1, 0.15) is 6.61 Å². The Hall–Kier alpha value is -2.75. The third-order valence-corrected chi connectivity index (χ3v) is 8.10. The van der Waals surface area contributed by atoms with Crippen molar-refractivity contribution in [1.29, 1.82) is 0 Å². The Labute approximate surface area is 199 Å². The Morgan fingerprint density at radius 2 is 2.00 bits per heavy atom. The fraction of sp³-hybridized carbons (Fsp3) is 0.400. The van der Waals surface area contributed by atoms with Crippen LogP contribution in [-0.2, 0) is 29.9 Å². The van der Waals surface area contributed by atoms with Gasteiger partial charge in [-0.3, -0.25) is 4.90 Å². The number of aryl methyl sites for hydroxylation is 1. The lowest BCUT2D eigenvalue weighted by atomic mass is 9.89. The molecule has 7 nitrogen and oxygen atoms in total. The third-order valence-electron chi connectivity index (χ3n) is 6.75. The van der Waals surface area contributed by atoms with E-state index in [0.29, 0.717) is 6.04 Å². The van der Waals surface area contributed by atoms with Gasteiger partial charge in [0.25, 0.3) is 10.0 Å². The summed E-state index contributed by atoms with van der Waals surface area (Å²) in [5, 5.41) is -0.0560. The average Bonchev–Trinajstić information content (AvgIpc) is 3.35. The van der Waals surface area contributed by atoms with E-state index in [1.54, 1.807) is 17.7 Å². The van der Waals surface area contributed by atoms with Crippen molar-refractivity contribution in [3.8, 4) is 5.75 Å². The van der Waals surface area contributed by atoms with Gasteiger partial charge in [-0.2, -0.15) is 0 Å². The molecule has 2 aromatic carbocycles. The molecular weight excluding hydrogens is 455 g/mol. The van der Waals surface area contributed by atoms with Crippen molar-refractivity contribution in [2.24, 2.45) is 7.05 Å². The smallest absolute Gasteiger partial charge is 0.259 e. The number of sulfonamides is 1. The van der Waals surface area contributed by atoms with E-state index >= 15 is 0 Å². The predicted molar refractivity (Wildman–Crippen MR) is 127 cm³/mol. The fourth-order valence-corrected chi connectivity index (χ4v) is 5.92. The zero-order chi connectivity index (χ0) is 23.7. The number of nitrogens with one attached hydrogen (secondary N) is 1. The summed E-state index contributed by atoms with van der Waals surface area (Å²) in [4.78, 5) is 6.36. The van der Waals surface area contributed by atoms with Gasteiger partial charge in [0.05, 0.1) is 6.33 Å². The van der Waals surface area contributed by atoms with Crippen LogP contribution in [0.5, 0.6) is 5.75 Å². The SMILES string of the molecule is Cn1cnc(S(=O)(=O)NCCOc2cc3c(cc2F)CC(N2CCC2)C3Cc2ccccc2)c1. The summed E-state index contributed by atoms with van der Waals surface area (Å²) in [5.74, 6) is 0.0236. The summed E-state index contributed by atoms with van der Waals surface area (Å²) in [5.41, 5.74) is 3.44. The Bertz CT molecular complexity index is 1260. The lowest BCUT2D eigenvalue weighted by molar-refractivity contribution is 0.106. The van der Waals surface area contributed by atoms with Crippen LogP contribution in [0.2, 0.25) is 0 Å². The molecule has 34 heavy (non-hydrogen) atoms. The van der Waals surface area contributed by atoms with E-state index < -0.39 is 15.8 Å². The topological polar surface area (TPSA) is 76.5 Å². The van der Waals surface area contributed by atoms with Crippen molar-refractivity contribution in [2.75, 3.05) is 26.2 Å². The minimum atomic E-state index is -3.73. The molecule has 3 aromatic rings. The van der Waals surface area contributed by atoms with Crippen molar-refractivity contribution >= 4 is 10.0 Å². The maximum absolute atomic E-state index is 14.9.